The van der Waals surface area contributed by atoms with Gasteiger partial charge in [0.15, 0.2) is 0 Å². The van der Waals surface area contributed by atoms with Crippen molar-refractivity contribution in [1.29, 1.82) is 0 Å². The van der Waals surface area contributed by atoms with Gasteiger partial charge in [-0.15, -0.1) is 11.8 Å². The number of thioether (sulfide) groups is 1. The minimum Gasteiger partial charge on any atom is -0.321 e. The predicted octanol–water partition coefficient (Wildman–Crippen LogP) is 7.84. The second-order valence-corrected chi connectivity index (χ2v) is 12.4. The third-order valence-corrected chi connectivity index (χ3v) is 8.80. The number of nitro groups is 1. The highest BCUT2D eigenvalue weighted by atomic mass is 32.2. The van der Waals surface area contributed by atoms with Crippen molar-refractivity contribution in [3.05, 3.63) is 160 Å². The Labute approximate surface area is 296 Å². The number of hydrogen-bond acceptors (Lipinski definition) is 9. The first kappa shape index (κ1) is 34.1. The molecule has 1 saturated heterocycles. The summed E-state index contributed by atoms with van der Waals surface area (Å²) < 4.78 is 0. The van der Waals surface area contributed by atoms with E-state index < -0.39 is 22.0 Å². The first-order valence-electron chi connectivity index (χ1n) is 15.6. The van der Waals surface area contributed by atoms with Gasteiger partial charge in [-0.2, -0.15) is 10.2 Å². The van der Waals surface area contributed by atoms with Crippen LogP contribution < -0.4 is 15.5 Å². The number of carbonyl (C=O) groups is 4. The second kappa shape index (κ2) is 15.7. The van der Waals surface area contributed by atoms with Gasteiger partial charge in [-0.05, 0) is 84.9 Å². The molecular formula is C38H28N6O6S. The molecule has 1 fully saturated rings. The van der Waals surface area contributed by atoms with E-state index >= 15 is 0 Å². The number of nitrogens with one attached hydrogen (secondary N) is 2. The lowest BCUT2D eigenvalue weighted by Gasteiger charge is -2.15. The lowest BCUT2D eigenvalue weighted by Crippen LogP contribution is -2.31. The number of hydrogen-bond donors (Lipinski definition) is 2. The van der Waals surface area contributed by atoms with Crippen LogP contribution in [0.5, 0.6) is 0 Å². The molecule has 0 saturated carbocycles. The van der Waals surface area contributed by atoms with Crippen LogP contribution in [0.25, 0.3) is 6.08 Å². The molecular weight excluding hydrogens is 669 g/mol. The molecule has 0 spiro atoms. The Balaban J connectivity index is 1.12. The Morgan fingerprint density at radius 1 is 0.784 bits per heavy atom. The minimum absolute atomic E-state index is 0.0122. The third-order valence-electron chi connectivity index (χ3n) is 7.60. The monoisotopic (exact) mass is 696 g/mol. The van der Waals surface area contributed by atoms with Crippen molar-refractivity contribution < 1.29 is 24.1 Å². The van der Waals surface area contributed by atoms with E-state index in [-0.39, 0.29) is 35.2 Å². The van der Waals surface area contributed by atoms with Crippen LogP contribution in [0.15, 0.2) is 154 Å². The normalized spacial score (nSPS) is 14.5. The van der Waals surface area contributed by atoms with Gasteiger partial charge in [-0.3, -0.25) is 29.3 Å². The van der Waals surface area contributed by atoms with E-state index in [2.05, 4.69) is 20.9 Å². The van der Waals surface area contributed by atoms with Crippen LogP contribution in [0.1, 0.15) is 22.3 Å². The Morgan fingerprint density at radius 3 is 2.06 bits per heavy atom. The maximum atomic E-state index is 13.4. The summed E-state index contributed by atoms with van der Waals surface area (Å²) in [5.41, 5.74) is 2.05. The fraction of sp³-hybridized carbons (Fsp3) is 0.0526. The summed E-state index contributed by atoms with van der Waals surface area (Å²) in [6.07, 6.45) is 1.26. The standard InChI is InChI=1S/C38H28N6O6S/c45-35-24-34(38(48)43(35)30-19-15-29(16-20-30)42-41-28-12-5-2-6-13-28)51-31-21-17-27(18-22-31)39-37(47)32(40-36(46)25-9-3-1-4-10-25)23-26-11-7-8-14-33(26)44(49)50/h1-23,34H,24H2,(H,39,47)(H,40,46)/b32-23+,42-41?. The molecule has 0 bridgehead atoms. The molecule has 1 atom stereocenters. The molecule has 1 aliphatic heterocycles. The summed E-state index contributed by atoms with van der Waals surface area (Å²) in [5, 5.41) is 24.6. The van der Waals surface area contributed by atoms with Gasteiger partial charge in [0.05, 0.1) is 32.8 Å². The Kier molecular flexibility index (Phi) is 10.5. The van der Waals surface area contributed by atoms with Gasteiger partial charge in [-0.1, -0.05) is 48.5 Å². The zero-order valence-electron chi connectivity index (χ0n) is 26.7. The molecule has 0 aliphatic carbocycles. The smallest absolute Gasteiger partial charge is 0.276 e. The number of amides is 4. The lowest BCUT2D eigenvalue weighted by molar-refractivity contribution is -0.385. The second-order valence-electron chi connectivity index (χ2n) is 11.1. The van der Waals surface area contributed by atoms with Crippen LogP contribution >= 0.6 is 11.8 Å². The summed E-state index contributed by atoms with van der Waals surface area (Å²) in [4.78, 5) is 65.5. The molecule has 5 aromatic carbocycles. The van der Waals surface area contributed by atoms with E-state index in [0.717, 1.165) is 0 Å². The van der Waals surface area contributed by atoms with Gasteiger partial charge in [0.1, 0.15) is 5.70 Å². The average molecular weight is 697 g/mol. The highest BCUT2D eigenvalue weighted by molar-refractivity contribution is 8.00. The van der Waals surface area contributed by atoms with E-state index in [1.165, 1.54) is 40.9 Å². The number of azo groups is 1. The number of benzene rings is 5. The Bertz CT molecular complexity index is 2160. The zero-order valence-corrected chi connectivity index (χ0v) is 27.5. The van der Waals surface area contributed by atoms with Crippen LogP contribution in [0.3, 0.4) is 0 Å². The van der Waals surface area contributed by atoms with Gasteiger partial charge in [0, 0.05) is 28.6 Å². The SMILES string of the molecule is O=C(Nc1ccc(SC2CC(=O)N(c3ccc(N=Nc4ccccc4)cc3)C2=O)cc1)/C(=C\c1ccccc1[N+](=O)[O-])NC(=O)c1ccccc1. The zero-order chi connectivity index (χ0) is 35.7. The first-order valence-corrected chi connectivity index (χ1v) is 16.5. The van der Waals surface area contributed by atoms with Crippen molar-refractivity contribution in [2.24, 2.45) is 10.2 Å². The van der Waals surface area contributed by atoms with E-state index in [4.69, 9.17) is 0 Å². The van der Waals surface area contributed by atoms with Crippen molar-refractivity contribution in [2.45, 2.75) is 16.6 Å². The number of imide groups is 1. The summed E-state index contributed by atoms with van der Waals surface area (Å²) in [6, 6.07) is 36.6. The molecule has 0 radical (unpaired) electrons. The van der Waals surface area contributed by atoms with Crippen LogP contribution in [0, 0.1) is 10.1 Å². The average Bonchev–Trinajstić information content (AvgIpc) is 3.43. The quantitative estimate of drug-likeness (QED) is 0.0467. The summed E-state index contributed by atoms with van der Waals surface area (Å²) in [5.74, 6) is -1.95. The molecule has 13 heteroatoms. The number of nitrogens with zero attached hydrogens (tertiary/aromatic N) is 4. The van der Waals surface area contributed by atoms with E-state index in [1.54, 1.807) is 84.9 Å². The summed E-state index contributed by atoms with van der Waals surface area (Å²) in [6.45, 7) is 0. The first-order chi connectivity index (χ1) is 24.7. The van der Waals surface area contributed by atoms with Crippen molar-refractivity contribution in [3.63, 3.8) is 0 Å². The summed E-state index contributed by atoms with van der Waals surface area (Å²) in [7, 11) is 0. The molecule has 252 valence electrons. The van der Waals surface area contributed by atoms with E-state index in [1.807, 2.05) is 30.3 Å². The fourth-order valence-electron chi connectivity index (χ4n) is 5.10. The van der Waals surface area contributed by atoms with Crippen LogP contribution in [-0.4, -0.2) is 33.8 Å². The maximum Gasteiger partial charge on any atom is 0.276 e. The van der Waals surface area contributed by atoms with E-state index in [9.17, 15) is 29.3 Å². The highest BCUT2D eigenvalue weighted by Crippen LogP contribution is 2.35. The number of anilines is 2. The van der Waals surface area contributed by atoms with Gasteiger partial charge in [-0.25, -0.2) is 4.90 Å². The molecule has 2 N–H and O–H groups in total. The number of rotatable bonds is 11. The summed E-state index contributed by atoms with van der Waals surface area (Å²) >= 11 is 1.23. The van der Waals surface area contributed by atoms with Crippen LogP contribution in [-0.2, 0) is 14.4 Å². The van der Waals surface area contributed by atoms with Gasteiger partial charge in [0.2, 0.25) is 11.8 Å². The Morgan fingerprint density at radius 2 is 1.39 bits per heavy atom. The number of carbonyl (C=O) groups excluding carboxylic acids is 4. The molecule has 4 amide bonds. The van der Waals surface area contributed by atoms with Crippen molar-refractivity contribution in [1.82, 2.24) is 5.32 Å². The predicted molar refractivity (Wildman–Crippen MR) is 194 cm³/mol. The molecule has 12 nitrogen and oxygen atoms in total. The topological polar surface area (TPSA) is 163 Å². The molecule has 51 heavy (non-hydrogen) atoms. The van der Waals surface area contributed by atoms with Crippen molar-refractivity contribution in [3.8, 4) is 0 Å². The lowest BCUT2D eigenvalue weighted by atomic mass is 10.1. The van der Waals surface area contributed by atoms with Gasteiger partial charge in [0.25, 0.3) is 17.5 Å². The van der Waals surface area contributed by atoms with Crippen LogP contribution in [0.4, 0.5) is 28.4 Å². The molecule has 1 aliphatic rings. The number of nitro benzene ring substituents is 1. The molecule has 6 rings (SSSR count). The third kappa shape index (κ3) is 8.47. The van der Waals surface area contributed by atoms with E-state index in [0.29, 0.717) is 33.2 Å². The number of para-hydroxylation sites is 1. The largest absolute Gasteiger partial charge is 0.321 e. The van der Waals surface area contributed by atoms with Crippen LogP contribution in [0.2, 0.25) is 0 Å². The highest BCUT2D eigenvalue weighted by Gasteiger charge is 2.40. The van der Waals surface area contributed by atoms with Crippen molar-refractivity contribution >= 4 is 69.9 Å². The maximum absolute atomic E-state index is 13.4. The fourth-order valence-corrected chi connectivity index (χ4v) is 6.15. The minimum atomic E-state index is -0.711. The van der Waals surface area contributed by atoms with Crippen molar-refractivity contribution in [2.75, 3.05) is 10.2 Å². The molecule has 5 aromatic rings. The molecule has 1 heterocycles. The van der Waals surface area contributed by atoms with Gasteiger partial charge >= 0.3 is 0 Å². The molecule has 0 aromatic heterocycles. The van der Waals surface area contributed by atoms with Gasteiger partial charge < -0.3 is 10.6 Å². The molecule has 1 unspecified atom stereocenters. The Hall–Kier alpha value is -6.73.